The highest BCUT2D eigenvalue weighted by Crippen LogP contribution is 2.14. The van der Waals surface area contributed by atoms with Gasteiger partial charge in [-0.05, 0) is 20.8 Å². The first-order chi connectivity index (χ1) is 5.38. The van der Waals surface area contributed by atoms with Crippen LogP contribution in [-0.4, -0.2) is 17.7 Å². The number of amidine groups is 1. The van der Waals surface area contributed by atoms with E-state index in [1.807, 2.05) is 0 Å². The van der Waals surface area contributed by atoms with Gasteiger partial charge in [-0.2, -0.15) is 0 Å². The highest BCUT2D eigenvalue weighted by Gasteiger charge is 2.23. The average Bonchev–Trinajstić information content (AvgIpc) is 1.97. The van der Waals surface area contributed by atoms with Crippen molar-refractivity contribution < 1.29 is 9.63 Å². The van der Waals surface area contributed by atoms with Crippen molar-refractivity contribution >= 4 is 23.4 Å². The second-order valence-corrected chi connectivity index (χ2v) is 3.61. The van der Waals surface area contributed by atoms with Gasteiger partial charge in [-0.25, -0.2) is 4.79 Å². The molecule has 0 spiro atoms. The number of hydrogen-bond acceptors (Lipinski definition) is 3. The van der Waals surface area contributed by atoms with Gasteiger partial charge in [0.15, 0.2) is 5.84 Å². The van der Waals surface area contributed by atoms with Crippen LogP contribution in [0.4, 0.5) is 0 Å². The smallest absolute Gasteiger partial charge is 0.340 e. The fraction of sp³-hybridized carbons (Fsp3) is 0.714. The zero-order valence-electron chi connectivity index (χ0n) is 7.43. The van der Waals surface area contributed by atoms with E-state index in [9.17, 15) is 4.79 Å². The van der Waals surface area contributed by atoms with E-state index in [4.69, 9.17) is 17.3 Å². The van der Waals surface area contributed by atoms with Crippen molar-refractivity contribution in [3.05, 3.63) is 0 Å². The molecule has 12 heavy (non-hydrogen) atoms. The average molecular weight is 193 g/mol. The van der Waals surface area contributed by atoms with Gasteiger partial charge in [-0.15, -0.1) is 11.6 Å². The molecule has 0 saturated heterocycles. The molecule has 0 aliphatic carbocycles. The molecule has 0 aliphatic heterocycles. The van der Waals surface area contributed by atoms with E-state index in [0.717, 1.165) is 0 Å². The summed E-state index contributed by atoms with van der Waals surface area (Å²) >= 11 is 5.30. The molecular weight excluding hydrogens is 180 g/mol. The van der Waals surface area contributed by atoms with Gasteiger partial charge in [-0.3, -0.25) is 0 Å². The van der Waals surface area contributed by atoms with Crippen LogP contribution in [0, 0.1) is 5.41 Å². The molecular formula is C7H13ClN2O2. The van der Waals surface area contributed by atoms with Gasteiger partial charge >= 0.3 is 5.97 Å². The molecule has 0 heterocycles. The van der Waals surface area contributed by atoms with Gasteiger partial charge in [0.2, 0.25) is 0 Å². The molecule has 0 rings (SSSR count). The van der Waals surface area contributed by atoms with Crippen LogP contribution in [0.25, 0.3) is 0 Å². The third kappa shape index (κ3) is 4.18. The number of alkyl halides is 1. The third-order valence-electron chi connectivity index (χ3n) is 0.995. The van der Waals surface area contributed by atoms with Crippen LogP contribution >= 0.6 is 11.6 Å². The molecule has 0 bridgehead atoms. The summed E-state index contributed by atoms with van der Waals surface area (Å²) in [5.74, 6) is -0.290. The Morgan fingerprint density at radius 3 is 2.42 bits per heavy atom. The highest BCUT2D eigenvalue weighted by atomic mass is 35.5. The maximum atomic E-state index is 11.1. The number of halogens is 1. The molecule has 0 radical (unpaired) electrons. The second-order valence-electron chi connectivity index (χ2n) is 3.34. The molecule has 0 unspecified atom stereocenters. The lowest BCUT2D eigenvalue weighted by atomic mass is 9.98. The lowest BCUT2D eigenvalue weighted by Gasteiger charge is -2.12. The molecule has 70 valence electrons. The van der Waals surface area contributed by atoms with Crippen LogP contribution in [0.15, 0.2) is 5.16 Å². The predicted octanol–water partition coefficient (Wildman–Crippen LogP) is 1.09. The molecule has 4 nitrogen and oxygen atoms in total. The number of carbonyl (C=O) groups is 1. The number of nitrogens with two attached hydrogens (primary N) is 1. The summed E-state index contributed by atoms with van der Waals surface area (Å²) in [7, 11) is 0. The zero-order valence-corrected chi connectivity index (χ0v) is 8.18. The zero-order chi connectivity index (χ0) is 9.78. The molecule has 0 atom stereocenters. The fourth-order valence-corrected chi connectivity index (χ4v) is 0.310. The van der Waals surface area contributed by atoms with Crippen LogP contribution < -0.4 is 5.73 Å². The van der Waals surface area contributed by atoms with Crippen LogP contribution in [-0.2, 0) is 9.63 Å². The van der Waals surface area contributed by atoms with Crippen molar-refractivity contribution in [2.75, 3.05) is 5.88 Å². The second kappa shape index (κ2) is 4.30. The summed E-state index contributed by atoms with van der Waals surface area (Å²) in [6, 6.07) is 0. The van der Waals surface area contributed by atoms with E-state index >= 15 is 0 Å². The minimum absolute atomic E-state index is 0.0530. The fourth-order valence-electron chi connectivity index (χ4n) is 0.261. The highest BCUT2D eigenvalue weighted by molar-refractivity contribution is 6.27. The first kappa shape index (κ1) is 11.2. The predicted molar refractivity (Wildman–Crippen MR) is 47.9 cm³/mol. The molecule has 2 N–H and O–H groups in total. The van der Waals surface area contributed by atoms with Crippen LogP contribution in [0.2, 0.25) is 0 Å². The van der Waals surface area contributed by atoms with E-state index in [2.05, 4.69) is 9.99 Å². The normalized spacial score (nSPS) is 12.8. The monoisotopic (exact) mass is 192 g/mol. The number of nitrogens with zero attached hydrogens (tertiary/aromatic N) is 1. The van der Waals surface area contributed by atoms with E-state index in [-0.39, 0.29) is 11.7 Å². The van der Waals surface area contributed by atoms with Crippen molar-refractivity contribution in [1.29, 1.82) is 0 Å². The molecule has 0 aromatic carbocycles. The Labute approximate surface area is 76.7 Å². The Kier molecular flexibility index (Phi) is 4.03. The lowest BCUT2D eigenvalue weighted by molar-refractivity contribution is -0.152. The van der Waals surface area contributed by atoms with Crippen molar-refractivity contribution in [3.8, 4) is 0 Å². The quantitative estimate of drug-likeness (QED) is 0.234. The van der Waals surface area contributed by atoms with E-state index < -0.39 is 11.4 Å². The van der Waals surface area contributed by atoms with Gasteiger partial charge in [-0.1, -0.05) is 5.16 Å². The molecule has 5 heteroatoms. The maximum Gasteiger partial charge on any atom is 0.340 e. The van der Waals surface area contributed by atoms with Gasteiger partial charge in [0.05, 0.1) is 11.3 Å². The van der Waals surface area contributed by atoms with Crippen molar-refractivity contribution in [2.45, 2.75) is 20.8 Å². The van der Waals surface area contributed by atoms with Crippen LogP contribution in [0.5, 0.6) is 0 Å². The Hall–Kier alpha value is -0.770. The minimum atomic E-state index is -0.573. The Balaban J connectivity index is 4.04. The first-order valence-corrected chi connectivity index (χ1v) is 4.01. The van der Waals surface area contributed by atoms with Gasteiger partial charge in [0, 0.05) is 0 Å². The number of oxime groups is 1. The summed E-state index contributed by atoms with van der Waals surface area (Å²) in [4.78, 5) is 15.6. The van der Waals surface area contributed by atoms with Crippen LogP contribution in [0.1, 0.15) is 20.8 Å². The summed E-state index contributed by atoms with van der Waals surface area (Å²) in [5.41, 5.74) is 4.63. The standard InChI is InChI=1S/C7H13ClN2O2/c1-7(2,3)6(11)12-10-5(9)4-8/h4H2,1-3H3,(H2,9,10). The summed E-state index contributed by atoms with van der Waals surface area (Å²) in [5, 5.41) is 3.32. The van der Waals surface area contributed by atoms with E-state index in [0.29, 0.717) is 0 Å². The third-order valence-corrected chi connectivity index (χ3v) is 1.27. The van der Waals surface area contributed by atoms with Gasteiger partial charge in [0.25, 0.3) is 0 Å². The molecule has 0 fully saturated rings. The van der Waals surface area contributed by atoms with Gasteiger partial charge < -0.3 is 10.6 Å². The Morgan fingerprint density at radius 1 is 1.58 bits per heavy atom. The van der Waals surface area contributed by atoms with E-state index in [1.165, 1.54) is 0 Å². The van der Waals surface area contributed by atoms with E-state index in [1.54, 1.807) is 20.8 Å². The number of rotatable bonds is 2. The van der Waals surface area contributed by atoms with Gasteiger partial charge in [0.1, 0.15) is 0 Å². The lowest BCUT2D eigenvalue weighted by Crippen LogP contribution is -2.23. The maximum absolute atomic E-state index is 11.1. The SMILES string of the molecule is CC(C)(C)C(=O)O/N=C(\N)CCl. The van der Waals surface area contributed by atoms with Crippen molar-refractivity contribution in [1.82, 2.24) is 0 Å². The first-order valence-electron chi connectivity index (χ1n) is 3.47. The molecule has 0 aromatic heterocycles. The Morgan fingerprint density at radius 2 is 2.08 bits per heavy atom. The summed E-state index contributed by atoms with van der Waals surface area (Å²) in [6.07, 6.45) is 0. The molecule has 0 aromatic rings. The topological polar surface area (TPSA) is 64.7 Å². The summed E-state index contributed by atoms with van der Waals surface area (Å²) < 4.78 is 0. The molecule has 0 amide bonds. The largest absolute Gasteiger partial charge is 0.383 e. The molecule has 0 saturated carbocycles. The van der Waals surface area contributed by atoms with Crippen molar-refractivity contribution in [2.24, 2.45) is 16.3 Å². The molecule has 0 aliphatic rings. The van der Waals surface area contributed by atoms with Crippen LogP contribution in [0.3, 0.4) is 0 Å². The van der Waals surface area contributed by atoms with Crippen molar-refractivity contribution in [3.63, 3.8) is 0 Å². The number of carbonyl (C=O) groups excluding carboxylic acids is 1. The summed E-state index contributed by atoms with van der Waals surface area (Å²) in [6.45, 7) is 5.17. The number of hydrogen-bond donors (Lipinski definition) is 1. The Bertz CT molecular complexity index is 196. The minimum Gasteiger partial charge on any atom is -0.383 e.